The van der Waals surface area contributed by atoms with Crippen LogP contribution in [0.1, 0.15) is 37.8 Å². The molecule has 0 radical (unpaired) electrons. The molecule has 1 aromatic heterocycles. The normalized spacial score (nSPS) is 23.0. The molecule has 0 bridgehead atoms. The fourth-order valence-electron chi connectivity index (χ4n) is 4.68. The van der Waals surface area contributed by atoms with Crippen molar-refractivity contribution in [3.63, 3.8) is 0 Å². The molecule has 2 aliphatic rings. The van der Waals surface area contributed by atoms with Gasteiger partial charge in [-0.1, -0.05) is 24.6 Å². The Morgan fingerprint density at radius 2 is 1.87 bits per heavy atom. The van der Waals surface area contributed by atoms with Gasteiger partial charge in [-0.15, -0.1) is 0 Å². The highest BCUT2D eigenvalue weighted by atomic mass is 32.2. The highest BCUT2D eigenvalue weighted by Crippen LogP contribution is 2.26. The Bertz CT molecular complexity index is 1020. The highest BCUT2D eigenvalue weighted by Gasteiger charge is 2.38. The summed E-state index contributed by atoms with van der Waals surface area (Å²) in [6.07, 6.45) is 4.02. The number of carbonyl (C=O) groups excluding carboxylic acids is 1. The summed E-state index contributed by atoms with van der Waals surface area (Å²) in [5.74, 6) is 0.856. The second-order valence-electron chi connectivity index (χ2n) is 8.50. The fourth-order valence-corrected chi connectivity index (χ4v) is 6.35. The maximum absolute atomic E-state index is 13.2. The van der Waals surface area contributed by atoms with Crippen LogP contribution >= 0.6 is 0 Å². The lowest BCUT2D eigenvalue weighted by Gasteiger charge is -2.37. The maximum atomic E-state index is 13.2. The van der Waals surface area contributed by atoms with E-state index in [4.69, 9.17) is 0 Å². The van der Waals surface area contributed by atoms with Gasteiger partial charge in [0.1, 0.15) is 11.9 Å². The van der Waals surface area contributed by atoms with Gasteiger partial charge in [-0.05, 0) is 44.7 Å². The summed E-state index contributed by atoms with van der Waals surface area (Å²) < 4.78 is 29.7. The number of rotatable bonds is 5. The Balaban J connectivity index is 1.47. The molecule has 1 aromatic carbocycles. The number of benzene rings is 1. The third-order valence-corrected chi connectivity index (χ3v) is 8.10. The first-order valence-electron chi connectivity index (χ1n) is 11.0. The molecule has 9 heteroatoms. The van der Waals surface area contributed by atoms with Crippen LogP contribution < -0.4 is 10.2 Å². The molecule has 0 saturated carbocycles. The van der Waals surface area contributed by atoms with E-state index in [1.807, 2.05) is 18.7 Å². The maximum Gasteiger partial charge on any atom is 0.243 e. The molecule has 1 amide bonds. The average molecular weight is 446 g/mol. The molecule has 1 N–H and O–H groups in total. The van der Waals surface area contributed by atoms with Crippen molar-refractivity contribution in [2.75, 3.05) is 24.5 Å². The smallest absolute Gasteiger partial charge is 0.243 e. The molecule has 2 aromatic rings. The van der Waals surface area contributed by atoms with Gasteiger partial charge in [0, 0.05) is 38.8 Å². The Kier molecular flexibility index (Phi) is 6.34. The monoisotopic (exact) mass is 445 g/mol. The van der Waals surface area contributed by atoms with Crippen molar-refractivity contribution in [3.05, 3.63) is 42.1 Å². The van der Waals surface area contributed by atoms with Crippen molar-refractivity contribution < 1.29 is 13.2 Å². The summed E-state index contributed by atoms with van der Waals surface area (Å²) in [7, 11) is -1.77. The molecule has 168 valence electrons. The molecule has 0 aliphatic carbocycles. The molecule has 4 rings (SSSR count). The number of nitrogens with zero attached hydrogens (tertiary/aromatic N) is 4. The van der Waals surface area contributed by atoms with Gasteiger partial charge >= 0.3 is 0 Å². The van der Waals surface area contributed by atoms with Crippen LogP contribution in [0.15, 0.2) is 41.3 Å². The molecule has 2 saturated heterocycles. The predicted molar refractivity (Wildman–Crippen MR) is 119 cm³/mol. The lowest BCUT2D eigenvalue weighted by Crippen LogP contribution is -2.56. The zero-order chi connectivity index (χ0) is 22.0. The molecular formula is C22H31N5O3S. The van der Waals surface area contributed by atoms with Crippen molar-refractivity contribution in [2.24, 2.45) is 7.05 Å². The second kappa shape index (κ2) is 9.00. The zero-order valence-corrected chi connectivity index (χ0v) is 19.0. The molecule has 2 atom stereocenters. The average Bonchev–Trinajstić information content (AvgIpc) is 3.12. The molecule has 8 nitrogen and oxygen atoms in total. The van der Waals surface area contributed by atoms with Crippen LogP contribution in [0.5, 0.6) is 0 Å². The van der Waals surface area contributed by atoms with E-state index >= 15 is 0 Å². The molecular weight excluding hydrogens is 414 g/mol. The number of carbonyl (C=O) groups is 1. The van der Waals surface area contributed by atoms with E-state index in [0.717, 1.165) is 43.7 Å². The Morgan fingerprint density at radius 3 is 2.58 bits per heavy atom. The van der Waals surface area contributed by atoms with Crippen molar-refractivity contribution in [2.45, 2.75) is 56.0 Å². The number of aryl methyl sites for hydroxylation is 2. The third-order valence-electron chi connectivity index (χ3n) is 6.18. The lowest BCUT2D eigenvalue weighted by atomic mass is 10.0. The number of anilines is 1. The highest BCUT2D eigenvalue weighted by molar-refractivity contribution is 7.89. The van der Waals surface area contributed by atoms with E-state index in [9.17, 15) is 13.2 Å². The summed E-state index contributed by atoms with van der Waals surface area (Å²) in [5.41, 5.74) is 0.965. The van der Waals surface area contributed by atoms with Gasteiger partial charge in [-0.2, -0.15) is 9.40 Å². The summed E-state index contributed by atoms with van der Waals surface area (Å²) in [6, 6.07) is 9.78. The number of hydrogen-bond donors (Lipinski definition) is 1. The first-order valence-corrected chi connectivity index (χ1v) is 12.4. The Labute approximate surface area is 184 Å². The van der Waals surface area contributed by atoms with Crippen LogP contribution in [0.25, 0.3) is 0 Å². The van der Waals surface area contributed by atoms with Crippen molar-refractivity contribution in [3.8, 4) is 0 Å². The van der Waals surface area contributed by atoms with Gasteiger partial charge in [-0.3, -0.25) is 9.48 Å². The number of hydrogen-bond acceptors (Lipinski definition) is 5. The molecule has 2 aliphatic heterocycles. The van der Waals surface area contributed by atoms with Crippen molar-refractivity contribution >= 4 is 21.7 Å². The number of nitrogens with one attached hydrogen (secondary N) is 1. The summed E-state index contributed by atoms with van der Waals surface area (Å²) in [6.45, 7) is 3.96. The summed E-state index contributed by atoms with van der Waals surface area (Å²) >= 11 is 0. The number of aromatic nitrogens is 2. The molecule has 31 heavy (non-hydrogen) atoms. The minimum absolute atomic E-state index is 0.0142. The van der Waals surface area contributed by atoms with E-state index in [2.05, 4.69) is 21.4 Å². The largest absolute Gasteiger partial charge is 0.355 e. The lowest BCUT2D eigenvalue weighted by molar-refractivity contribution is -0.126. The van der Waals surface area contributed by atoms with Crippen LogP contribution in [0.2, 0.25) is 0 Å². The van der Waals surface area contributed by atoms with Crippen LogP contribution in [-0.4, -0.2) is 60.1 Å². The van der Waals surface area contributed by atoms with Crippen LogP contribution in [0.3, 0.4) is 0 Å². The first-order chi connectivity index (χ1) is 14.9. The number of sulfonamides is 1. The molecule has 0 spiro atoms. The van der Waals surface area contributed by atoms with Gasteiger partial charge in [-0.25, -0.2) is 8.42 Å². The summed E-state index contributed by atoms with van der Waals surface area (Å²) in [5, 5.41) is 7.58. The predicted octanol–water partition coefficient (Wildman–Crippen LogP) is 2.06. The van der Waals surface area contributed by atoms with Crippen molar-refractivity contribution in [1.29, 1.82) is 0 Å². The third kappa shape index (κ3) is 4.62. The SMILES string of the molecule is Cc1cc(N2CCCC(NC(=O)C3CCCCN3S(=O)(=O)c3ccccc3)C2)n(C)n1. The van der Waals surface area contributed by atoms with Gasteiger partial charge in [0.05, 0.1) is 10.6 Å². The second-order valence-corrected chi connectivity index (χ2v) is 10.4. The zero-order valence-electron chi connectivity index (χ0n) is 18.2. The van der Waals surface area contributed by atoms with Crippen LogP contribution in [-0.2, 0) is 21.9 Å². The van der Waals surface area contributed by atoms with Gasteiger partial charge < -0.3 is 10.2 Å². The number of piperidine rings is 2. The van der Waals surface area contributed by atoms with Crippen LogP contribution in [0.4, 0.5) is 5.82 Å². The topological polar surface area (TPSA) is 87.5 Å². The Morgan fingerprint density at radius 1 is 1.10 bits per heavy atom. The molecule has 2 fully saturated rings. The molecule has 2 unspecified atom stereocenters. The minimum Gasteiger partial charge on any atom is -0.355 e. The van der Waals surface area contributed by atoms with Gasteiger partial charge in [0.15, 0.2) is 0 Å². The quantitative estimate of drug-likeness (QED) is 0.761. The fraction of sp³-hybridized carbons (Fsp3) is 0.545. The summed E-state index contributed by atoms with van der Waals surface area (Å²) in [4.78, 5) is 15.7. The van der Waals surface area contributed by atoms with E-state index < -0.39 is 16.1 Å². The first kappa shape index (κ1) is 21.8. The van der Waals surface area contributed by atoms with Crippen molar-refractivity contribution in [1.82, 2.24) is 19.4 Å². The standard InChI is InChI=1S/C22H31N5O3S/c1-17-15-21(25(2)24-17)26-13-8-9-18(16-26)23-22(28)20-12-6-7-14-27(20)31(29,30)19-10-4-3-5-11-19/h3-5,10-11,15,18,20H,6-9,12-14,16H2,1-2H3,(H,23,28). The van der Waals surface area contributed by atoms with Gasteiger partial charge in [0.2, 0.25) is 15.9 Å². The number of amides is 1. The van der Waals surface area contributed by atoms with Gasteiger partial charge in [0.25, 0.3) is 0 Å². The minimum atomic E-state index is -3.70. The van der Waals surface area contributed by atoms with E-state index in [-0.39, 0.29) is 16.8 Å². The molecule has 3 heterocycles. The van der Waals surface area contributed by atoms with E-state index in [0.29, 0.717) is 19.5 Å². The van der Waals surface area contributed by atoms with E-state index in [1.165, 1.54) is 4.31 Å². The van der Waals surface area contributed by atoms with E-state index in [1.54, 1.807) is 30.3 Å². The van der Waals surface area contributed by atoms with Crippen LogP contribution in [0, 0.1) is 6.92 Å². The Hall–Kier alpha value is -2.39.